The molecule has 0 aromatic rings. The molecule has 5 heteroatoms. The summed E-state index contributed by atoms with van der Waals surface area (Å²) in [6, 6.07) is 1.06. The zero-order chi connectivity index (χ0) is 16.9. The van der Waals surface area contributed by atoms with Crippen LogP contribution in [0.5, 0.6) is 0 Å². The number of hydrogen-bond donors (Lipinski definition) is 1. The fraction of sp³-hybridized carbons (Fsp3) is 0.944. The van der Waals surface area contributed by atoms with Gasteiger partial charge in [-0.05, 0) is 65.7 Å². The van der Waals surface area contributed by atoms with Crippen LogP contribution in [-0.4, -0.2) is 55.0 Å². The van der Waals surface area contributed by atoms with E-state index in [-0.39, 0.29) is 6.09 Å². The number of nitrogens with one attached hydrogen (secondary N) is 1. The van der Waals surface area contributed by atoms with Gasteiger partial charge in [0.15, 0.2) is 0 Å². The van der Waals surface area contributed by atoms with Crippen molar-refractivity contribution in [3.05, 3.63) is 0 Å². The van der Waals surface area contributed by atoms with Gasteiger partial charge in [0.05, 0.1) is 6.10 Å². The lowest BCUT2D eigenvalue weighted by atomic mass is 9.91. The van der Waals surface area contributed by atoms with Gasteiger partial charge in [-0.25, -0.2) is 4.79 Å². The van der Waals surface area contributed by atoms with E-state index in [2.05, 4.69) is 5.32 Å². The SMILES string of the molecule is COC1CCCC(NC2CCCN(C(=O)OC(C)(C)C)CC2)C1. The molecule has 2 rings (SSSR count). The van der Waals surface area contributed by atoms with Gasteiger partial charge in [-0.15, -0.1) is 0 Å². The Hall–Kier alpha value is -0.810. The normalized spacial score (nSPS) is 29.9. The molecule has 134 valence electrons. The maximum atomic E-state index is 12.2. The molecule has 2 aliphatic rings. The van der Waals surface area contributed by atoms with Gasteiger partial charge in [-0.1, -0.05) is 0 Å². The molecule has 0 spiro atoms. The number of carbonyl (C=O) groups excluding carboxylic acids is 1. The molecule has 3 atom stereocenters. The van der Waals surface area contributed by atoms with Crippen LogP contribution >= 0.6 is 0 Å². The topological polar surface area (TPSA) is 50.8 Å². The summed E-state index contributed by atoms with van der Waals surface area (Å²) in [4.78, 5) is 14.1. The zero-order valence-corrected chi connectivity index (χ0v) is 15.3. The second-order valence-corrected chi connectivity index (χ2v) is 7.98. The Kier molecular flexibility index (Phi) is 6.72. The molecule has 1 heterocycles. The minimum atomic E-state index is -0.418. The first-order chi connectivity index (χ1) is 10.9. The molecule has 2 fully saturated rings. The van der Waals surface area contributed by atoms with Crippen molar-refractivity contribution < 1.29 is 14.3 Å². The first kappa shape index (κ1) is 18.5. The van der Waals surface area contributed by atoms with Gasteiger partial charge in [0.25, 0.3) is 0 Å². The first-order valence-corrected chi connectivity index (χ1v) is 9.14. The summed E-state index contributed by atoms with van der Waals surface area (Å²) < 4.78 is 11.0. The summed E-state index contributed by atoms with van der Waals surface area (Å²) in [5.41, 5.74) is -0.418. The van der Waals surface area contributed by atoms with Crippen molar-refractivity contribution in [2.45, 2.75) is 89.5 Å². The number of ether oxygens (including phenoxy) is 2. The maximum Gasteiger partial charge on any atom is 0.410 e. The Bertz CT molecular complexity index is 381. The third kappa shape index (κ3) is 6.30. The molecular formula is C18H34N2O3. The largest absolute Gasteiger partial charge is 0.444 e. The van der Waals surface area contributed by atoms with Gasteiger partial charge in [0.1, 0.15) is 5.60 Å². The molecule has 1 aliphatic heterocycles. The monoisotopic (exact) mass is 326 g/mol. The zero-order valence-electron chi connectivity index (χ0n) is 15.3. The molecule has 0 aromatic heterocycles. The Morgan fingerprint density at radius 3 is 2.48 bits per heavy atom. The van der Waals surface area contributed by atoms with Crippen molar-refractivity contribution in [2.24, 2.45) is 0 Å². The standard InChI is InChI=1S/C18H34N2O3/c1-18(2,3)23-17(21)20-11-6-8-14(10-12-20)19-15-7-5-9-16(13-15)22-4/h14-16,19H,5-13H2,1-4H3. The molecule has 1 saturated carbocycles. The van der Waals surface area contributed by atoms with Gasteiger partial charge < -0.3 is 19.7 Å². The molecule has 23 heavy (non-hydrogen) atoms. The molecule has 1 N–H and O–H groups in total. The van der Waals surface area contributed by atoms with Crippen LogP contribution in [-0.2, 0) is 9.47 Å². The second-order valence-electron chi connectivity index (χ2n) is 7.98. The van der Waals surface area contributed by atoms with Crippen LogP contribution in [0.1, 0.15) is 65.7 Å². The summed E-state index contributed by atoms with van der Waals surface area (Å²) in [5.74, 6) is 0. The van der Waals surface area contributed by atoms with Gasteiger partial charge in [0.2, 0.25) is 0 Å². The highest BCUT2D eigenvalue weighted by Crippen LogP contribution is 2.23. The lowest BCUT2D eigenvalue weighted by molar-refractivity contribution is 0.0255. The van der Waals surface area contributed by atoms with E-state index in [0.717, 1.165) is 38.8 Å². The quantitative estimate of drug-likeness (QED) is 0.864. The fourth-order valence-electron chi connectivity index (χ4n) is 3.62. The number of rotatable bonds is 3. The van der Waals surface area contributed by atoms with E-state index in [1.807, 2.05) is 32.8 Å². The van der Waals surface area contributed by atoms with Gasteiger partial charge in [-0.2, -0.15) is 0 Å². The van der Waals surface area contributed by atoms with E-state index in [1.54, 1.807) is 0 Å². The van der Waals surface area contributed by atoms with Crippen molar-refractivity contribution in [3.63, 3.8) is 0 Å². The minimum Gasteiger partial charge on any atom is -0.444 e. The highest BCUT2D eigenvalue weighted by Gasteiger charge is 2.28. The van der Waals surface area contributed by atoms with Crippen LogP contribution < -0.4 is 5.32 Å². The predicted molar refractivity (Wildman–Crippen MR) is 91.6 cm³/mol. The van der Waals surface area contributed by atoms with E-state index < -0.39 is 5.60 Å². The van der Waals surface area contributed by atoms with Crippen LogP contribution in [0.4, 0.5) is 4.79 Å². The van der Waals surface area contributed by atoms with Crippen molar-refractivity contribution in [1.82, 2.24) is 10.2 Å². The minimum absolute atomic E-state index is 0.171. The summed E-state index contributed by atoms with van der Waals surface area (Å²) in [7, 11) is 1.82. The van der Waals surface area contributed by atoms with Crippen LogP contribution in [0.3, 0.4) is 0 Å². The number of likely N-dealkylation sites (tertiary alicyclic amines) is 1. The Morgan fingerprint density at radius 1 is 1.04 bits per heavy atom. The van der Waals surface area contributed by atoms with Crippen molar-refractivity contribution in [1.29, 1.82) is 0 Å². The number of nitrogens with zero attached hydrogens (tertiary/aromatic N) is 1. The maximum absolute atomic E-state index is 12.2. The average Bonchev–Trinajstić information content (AvgIpc) is 2.71. The van der Waals surface area contributed by atoms with Gasteiger partial charge in [-0.3, -0.25) is 0 Å². The molecule has 0 radical (unpaired) electrons. The van der Waals surface area contributed by atoms with Gasteiger partial charge >= 0.3 is 6.09 Å². The number of amides is 1. The summed E-state index contributed by atoms with van der Waals surface area (Å²) in [5, 5.41) is 3.81. The Labute approximate surface area is 141 Å². The lowest BCUT2D eigenvalue weighted by Gasteiger charge is -2.32. The molecule has 3 unspecified atom stereocenters. The summed E-state index contributed by atoms with van der Waals surface area (Å²) >= 11 is 0. The molecule has 1 saturated heterocycles. The Balaban J connectivity index is 1.78. The smallest absolute Gasteiger partial charge is 0.410 e. The highest BCUT2D eigenvalue weighted by atomic mass is 16.6. The number of hydrogen-bond acceptors (Lipinski definition) is 4. The van der Waals surface area contributed by atoms with E-state index in [1.165, 1.54) is 19.3 Å². The second kappa shape index (κ2) is 8.34. The van der Waals surface area contributed by atoms with Crippen molar-refractivity contribution in [2.75, 3.05) is 20.2 Å². The molecule has 1 aliphatic carbocycles. The lowest BCUT2D eigenvalue weighted by Crippen LogP contribution is -2.43. The highest BCUT2D eigenvalue weighted by molar-refractivity contribution is 5.68. The third-order valence-electron chi connectivity index (χ3n) is 4.81. The molecular weight excluding hydrogens is 292 g/mol. The van der Waals surface area contributed by atoms with Crippen LogP contribution in [0.2, 0.25) is 0 Å². The summed E-state index contributed by atoms with van der Waals surface area (Å²) in [6.45, 7) is 7.35. The average molecular weight is 326 g/mol. The van der Waals surface area contributed by atoms with Crippen LogP contribution in [0, 0.1) is 0 Å². The predicted octanol–water partition coefficient (Wildman–Crippen LogP) is 3.32. The molecule has 0 aromatic carbocycles. The van der Waals surface area contributed by atoms with E-state index in [0.29, 0.717) is 18.2 Å². The van der Waals surface area contributed by atoms with Crippen molar-refractivity contribution >= 4 is 6.09 Å². The first-order valence-electron chi connectivity index (χ1n) is 9.14. The van der Waals surface area contributed by atoms with Gasteiger partial charge in [0, 0.05) is 32.3 Å². The van der Waals surface area contributed by atoms with E-state index in [9.17, 15) is 4.79 Å². The van der Waals surface area contributed by atoms with Crippen molar-refractivity contribution in [3.8, 4) is 0 Å². The molecule has 0 bridgehead atoms. The number of carbonyl (C=O) groups is 1. The summed E-state index contributed by atoms with van der Waals surface area (Å²) in [6.07, 6.45) is 8.20. The number of methoxy groups -OCH3 is 1. The fourth-order valence-corrected chi connectivity index (χ4v) is 3.62. The molecule has 1 amide bonds. The third-order valence-corrected chi connectivity index (χ3v) is 4.81. The van der Waals surface area contributed by atoms with E-state index >= 15 is 0 Å². The Morgan fingerprint density at radius 2 is 1.78 bits per heavy atom. The molecule has 5 nitrogen and oxygen atoms in total. The van der Waals surface area contributed by atoms with Crippen LogP contribution in [0.25, 0.3) is 0 Å². The van der Waals surface area contributed by atoms with E-state index in [4.69, 9.17) is 9.47 Å². The van der Waals surface area contributed by atoms with Crippen LogP contribution in [0.15, 0.2) is 0 Å².